The van der Waals surface area contributed by atoms with Crippen LogP contribution in [0.1, 0.15) is 53.4 Å². The lowest BCUT2D eigenvalue weighted by Crippen LogP contribution is -2.41. The van der Waals surface area contributed by atoms with Crippen LogP contribution in [0.5, 0.6) is 0 Å². The van der Waals surface area contributed by atoms with E-state index in [0.29, 0.717) is 6.04 Å². The van der Waals surface area contributed by atoms with E-state index in [1.807, 2.05) is 0 Å². The van der Waals surface area contributed by atoms with Crippen LogP contribution in [-0.4, -0.2) is 25.1 Å². The van der Waals surface area contributed by atoms with Gasteiger partial charge in [-0.2, -0.15) is 0 Å². The number of hydrogen-bond acceptors (Lipinski definition) is 1. The fraction of sp³-hybridized carbons (Fsp3) is 0.929. The van der Waals surface area contributed by atoms with Gasteiger partial charge in [0, 0.05) is 19.1 Å². The lowest BCUT2D eigenvalue weighted by atomic mass is 9.80. The molecule has 4 heteroatoms. The van der Waals surface area contributed by atoms with Crippen molar-refractivity contribution in [2.75, 3.05) is 13.1 Å². The molecular formula is C14H30IN3. The molecule has 0 spiro atoms. The van der Waals surface area contributed by atoms with Gasteiger partial charge in [0.05, 0.1) is 0 Å². The fourth-order valence-electron chi connectivity index (χ4n) is 2.47. The molecule has 108 valence electrons. The minimum atomic E-state index is 0. The molecule has 1 aliphatic carbocycles. The minimum Gasteiger partial charge on any atom is -0.357 e. The van der Waals surface area contributed by atoms with Gasteiger partial charge in [-0.1, -0.05) is 26.2 Å². The number of nitrogens with zero attached hydrogens (tertiary/aromatic N) is 1. The lowest BCUT2D eigenvalue weighted by Gasteiger charge is -2.27. The van der Waals surface area contributed by atoms with Gasteiger partial charge in [0.25, 0.3) is 0 Å². The van der Waals surface area contributed by atoms with Crippen molar-refractivity contribution >= 4 is 29.9 Å². The summed E-state index contributed by atoms with van der Waals surface area (Å²) >= 11 is 0. The zero-order chi connectivity index (χ0) is 12.7. The molecule has 3 nitrogen and oxygen atoms in total. The SMILES string of the molecule is CCNC(=NCC1CCCCC1C)NC(C)C.I. The molecule has 0 saturated heterocycles. The van der Waals surface area contributed by atoms with Crippen LogP contribution < -0.4 is 10.6 Å². The minimum absolute atomic E-state index is 0. The first kappa shape index (κ1) is 18.0. The first-order valence-corrected chi connectivity index (χ1v) is 7.18. The molecule has 0 radical (unpaired) electrons. The molecule has 0 bridgehead atoms. The molecule has 0 aromatic rings. The topological polar surface area (TPSA) is 36.4 Å². The molecule has 0 heterocycles. The van der Waals surface area contributed by atoms with E-state index >= 15 is 0 Å². The normalized spacial score (nSPS) is 24.6. The van der Waals surface area contributed by atoms with Crippen LogP contribution in [0, 0.1) is 11.8 Å². The highest BCUT2D eigenvalue weighted by Gasteiger charge is 2.20. The number of hydrogen-bond donors (Lipinski definition) is 2. The fourth-order valence-corrected chi connectivity index (χ4v) is 2.47. The number of nitrogens with one attached hydrogen (secondary N) is 2. The van der Waals surface area contributed by atoms with Gasteiger partial charge in [-0.05, 0) is 39.0 Å². The largest absolute Gasteiger partial charge is 0.357 e. The molecular weight excluding hydrogens is 337 g/mol. The summed E-state index contributed by atoms with van der Waals surface area (Å²) in [4.78, 5) is 4.72. The summed E-state index contributed by atoms with van der Waals surface area (Å²) in [5.41, 5.74) is 0. The van der Waals surface area contributed by atoms with E-state index in [2.05, 4.69) is 38.3 Å². The molecule has 0 aliphatic heterocycles. The van der Waals surface area contributed by atoms with Crippen molar-refractivity contribution < 1.29 is 0 Å². The maximum atomic E-state index is 4.72. The summed E-state index contributed by atoms with van der Waals surface area (Å²) in [5.74, 6) is 2.60. The second-order valence-corrected chi connectivity index (χ2v) is 5.54. The standard InChI is InChI=1S/C14H29N3.HI/c1-5-15-14(17-11(2)3)16-10-13-9-7-6-8-12(13)4;/h11-13H,5-10H2,1-4H3,(H2,15,16,17);1H. The first-order valence-electron chi connectivity index (χ1n) is 7.18. The average molecular weight is 367 g/mol. The van der Waals surface area contributed by atoms with Crippen LogP contribution in [0.3, 0.4) is 0 Å². The van der Waals surface area contributed by atoms with Crippen molar-refractivity contribution in [3.05, 3.63) is 0 Å². The second-order valence-electron chi connectivity index (χ2n) is 5.54. The summed E-state index contributed by atoms with van der Waals surface area (Å²) in [6.07, 6.45) is 5.53. The second kappa shape index (κ2) is 9.87. The number of halogens is 1. The van der Waals surface area contributed by atoms with E-state index in [1.54, 1.807) is 0 Å². The van der Waals surface area contributed by atoms with Gasteiger partial charge in [-0.3, -0.25) is 4.99 Å². The summed E-state index contributed by atoms with van der Waals surface area (Å²) in [5, 5.41) is 6.68. The van der Waals surface area contributed by atoms with Gasteiger partial charge >= 0.3 is 0 Å². The Morgan fingerprint density at radius 1 is 1.28 bits per heavy atom. The predicted octanol–water partition coefficient (Wildman–Crippen LogP) is 3.39. The van der Waals surface area contributed by atoms with Gasteiger partial charge in [-0.25, -0.2) is 0 Å². The molecule has 0 aromatic carbocycles. The van der Waals surface area contributed by atoms with Crippen molar-refractivity contribution in [3.8, 4) is 0 Å². The number of aliphatic imine (C=N–C) groups is 1. The van der Waals surface area contributed by atoms with Crippen LogP contribution in [0.25, 0.3) is 0 Å². The van der Waals surface area contributed by atoms with Gasteiger partial charge in [0.2, 0.25) is 0 Å². The van der Waals surface area contributed by atoms with Crippen molar-refractivity contribution in [1.29, 1.82) is 0 Å². The van der Waals surface area contributed by atoms with E-state index in [4.69, 9.17) is 4.99 Å². The molecule has 2 unspecified atom stereocenters. The molecule has 2 N–H and O–H groups in total. The maximum Gasteiger partial charge on any atom is 0.191 e. The third kappa shape index (κ3) is 6.81. The lowest BCUT2D eigenvalue weighted by molar-refractivity contribution is 0.263. The summed E-state index contributed by atoms with van der Waals surface area (Å²) in [7, 11) is 0. The molecule has 1 rings (SSSR count). The molecule has 1 fully saturated rings. The highest BCUT2D eigenvalue weighted by molar-refractivity contribution is 14.0. The molecule has 0 amide bonds. The third-order valence-electron chi connectivity index (χ3n) is 3.54. The quantitative estimate of drug-likeness (QED) is 0.454. The van der Waals surface area contributed by atoms with E-state index in [9.17, 15) is 0 Å². The maximum absolute atomic E-state index is 4.72. The summed E-state index contributed by atoms with van der Waals surface area (Å²) < 4.78 is 0. The Balaban J connectivity index is 0.00000289. The molecule has 1 saturated carbocycles. The Bertz CT molecular complexity index is 241. The van der Waals surface area contributed by atoms with Crippen LogP contribution in [0.4, 0.5) is 0 Å². The van der Waals surface area contributed by atoms with Crippen LogP contribution in [0.2, 0.25) is 0 Å². The number of rotatable bonds is 4. The van der Waals surface area contributed by atoms with E-state index in [-0.39, 0.29) is 24.0 Å². The van der Waals surface area contributed by atoms with E-state index in [0.717, 1.165) is 30.9 Å². The molecule has 18 heavy (non-hydrogen) atoms. The van der Waals surface area contributed by atoms with Crippen molar-refractivity contribution in [2.24, 2.45) is 16.8 Å². The van der Waals surface area contributed by atoms with E-state index < -0.39 is 0 Å². The van der Waals surface area contributed by atoms with Crippen molar-refractivity contribution in [3.63, 3.8) is 0 Å². The van der Waals surface area contributed by atoms with Gasteiger partial charge in [0.1, 0.15) is 0 Å². The van der Waals surface area contributed by atoms with E-state index in [1.165, 1.54) is 25.7 Å². The average Bonchev–Trinajstić information content (AvgIpc) is 2.27. The molecule has 2 atom stereocenters. The predicted molar refractivity (Wildman–Crippen MR) is 90.8 cm³/mol. The number of guanidine groups is 1. The van der Waals surface area contributed by atoms with Crippen LogP contribution in [-0.2, 0) is 0 Å². The molecule has 0 aromatic heterocycles. The third-order valence-corrected chi connectivity index (χ3v) is 3.54. The van der Waals surface area contributed by atoms with Crippen molar-refractivity contribution in [2.45, 2.75) is 59.4 Å². The van der Waals surface area contributed by atoms with Crippen LogP contribution >= 0.6 is 24.0 Å². The Morgan fingerprint density at radius 3 is 2.50 bits per heavy atom. The summed E-state index contributed by atoms with van der Waals surface area (Å²) in [6.45, 7) is 10.7. The summed E-state index contributed by atoms with van der Waals surface area (Å²) in [6, 6.07) is 0.441. The molecule has 1 aliphatic rings. The zero-order valence-electron chi connectivity index (χ0n) is 12.3. The van der Waals surface area contributed by atoms with Gasteiger partial charge in [-0.15, -0.1) is 24.0 Å². The zero-order valence-corrected chi connectivity index (χ0v) is 14.7. The first-order chi connectivity index (χ1) is 8.13. The highest BCUT2D eigenvalue weighted by Crippen LogP contribution is 2.29. The van der Waals surface area contributed by atoms with Crippen LogP contribution in [0.15, 0.2) is 4.99 Å². The Labute approximate surface area is 130 Å². The Hall–Kier alpha value is 0. The monoisotopic (exact) mass is 367 g/mol. The van der Waals surface area contributed by atoms with Crippen molar-refractivity contribution in [1.82, 2.24) is 10.6 Å². The van der Waals surface area contributed by atoms with Gasteiger partial charge in [0.15, 0.2) is 5.96 Å². The highest BCUT2D eigenvalue weighted by atomic mass is 127. The Kier molecular flexibility index (Phi) is 9.87. The van der Waals surface area contributed by atoms with Gasteiger partial charge < -0.3 is 10.6 Å². The smallest absolute Gasteiger partial charge is 0.191 e. The Morgan fingerprint density at radius 2 is 1.94 bits per heavy atom.